The Kier molecular flexibility index (Phi) is 4.35. The molecule has 1 aromatic heterocycles. The van der Waals surface area contributed by atoms with Gasteiger partial charge in [-0.15, -0.1) is 10.2 Å². The summed E-state index contributed by atoms with van der Waals surface area (Å²) in [5, 5.41) is 20.7. The molecule has 1 aromatic carbocycles. The Hall–Kier alpha value is -1.65. The van der Waals surface area contributed by atoms with Crippen LogP contribution in [0.5, 0.6) is 0 Å². The minimum absolute atomic E-state index is 0.0483. The van der Waals surface area contributed by atoms with Gasteiger partial charge in [0.15, 0.2) is 11.0 Å². The Morgan fingerprint density at radius 1 is 1.16 bits per heavy atom. The first-order valence-corrected chi connectivity index (χ1v) is 6.41. The van der Waals surface area contributed by atoms with Crippen LogP contribution in [0.2, 0.25) is 5.15 Å². The molecule has 5 heteroatoms. The van der Waals surface area contributed by atoms with Crippen molar-refractivity contribution in [2.45, 2.75) is 27.0 Å². The highest BCUT2D eigenvalue weighted by molar-refractivity contribution is 6.30. The normalized spacial score (nSPS) is 10.5. The van der Waals surface area contributed by atoms with Crippen molar-refractivity contribution in [2.75, 3.05) is 5.32 Å². The lowest BCUT2D eigenvalue weighted by atomic mass is 10.1. The van der Waals surface area contributed by atoms with Gasteiger partial charge in [0, 0.05) is 6.54 Å². The number of halogens is 1. The summed E-state index contributed by atoms with van der Waals surface area (Å²) in [5.41, 5.74) is 3.91. The van der Waals surface area contributed by atoms with E-state index in [0.717, 1.165) is 28.1 Å². The maximum Gasteiger partial charge on any atom is 0.155 e. The molecule has 2 aromatic rings. The average molecular weight is 278 g/mol. The van der Waals surface area contributed by atoms with Crippen LogP contribution in [0.25, 0.3) is 0 Å². The molecule has 2 N–H and O–H groups in total. The van der Waals surface area contributed by atoms with Crippen molar-refractivity contribution in [3.05, 3.63) is 51.7 Å². The lowest BCUT2D eigenvalue weighted by molar-refractivity contribution is 0.281. The van der Waals surface area contributed by atoms with Gasteiger partial charge in [-0.3, -0.25) is 0 Å². The van der Waals surface area contributed by atoms with Crippen molar-refractivity contribution in [2.24, 2.45) is 0 Å². The molecule has 0 radical (unpaired) electrons. The third-order valence-corrected chi connectivity index (χ3v) is 3.46. The van der Waals surface area contributed by atoms with Crippen LogP contribution in [0.15, 0.2) is 24.3 Å². The topological polar surface area (TPSA) is 58.0 Å². The number of benzene rings is 1. The highest BCUT2D eigenvalue weighted by Crippen LogP contribution is 2.21. The second-order valence-corrected chi connectivity index (χ2v) is 4.78. The minimum Gasteiger partial charge on any atom is -0.392 e. The highest BCUT2D eigenvalue weighted by Gasteiger charge is 2.07. The number of hydrogen-bond donors (Lipinski definition) is 2. The van der Waals surface area contributed by atoms with Crippen LogP contribution in [-0.2, 0) is 13.2 Å². The Balaban J connectivity index is 2.12. The Morgan fingerprint density at radius 3 is 2.63 bits per heavy atom. The molecule has 0 aliphatic carbocycles. The monoisotopic (exact) mass is 277 g/mol. The lowest BCUT2D eigenvalue weighted by Gasteiger charge is -2.10. The smallest absolute Gasteiger partial charge is 0.155 e. The molecule has 4 nitrogen and oxygen atoms in total. The number of aromatic nitrogens is 2. The SMILES string of the molecule is Cc1c(Cl)nnc(NCc2cccc(CO)c2)c1C. The van der Waals surface area contributed by atoms with Crippen molar-refractivity contribution in [3.63, 3.8) is 0 Å². The van der Waals surface area contributed by atoms with Crippen LogP contribution in [0, 0.1) is 13.8 Å². The van der Waals surface area contributed by atoms with Crippen molar-refractivity contribution in [1.29, 1.82) is 0 Å². The van der Waals surface area contributed by atoms with Crippen LogP contribution in [0.4, 0.5) is 5.82 Å². The van der Waals surface area contributed by atoms with Crippen molar-refractivity contribution >= 4 is 17.4 Å². The molecular weight excluding hydrogens is 262 g/mol. The van der Waals surface area contributed by atoms with E-state index < -0.39 is 0 Å². The fourth-order valence-electron chi connectivity index (χ4n) is 1.77. The van der Waals surface area contributed by atoms with Crippen LogP contribution in [0.1, 0.15) is 22.3 Å². The van der Waals surface area contributed by atoms with Crippen LogP contribution < -0.4 is 5.32 Å². The zero-order valence-electron chi connectivity index (χ0n) is 10.9. The Bertz CT molecular complexity index is 587. The molecule has 19 heavy (non-hydrogen) atoms. The number of aliphatic hydroxyl groups is 1. The number of anilines is 1. The Morgan fingerprint density at radius 2 is 1.89 bits per heavy atom. The maximum absolute atomic E-state index is 9.10. The first-order valence-electron chi connectivity index (χ1n) is 6.03. The molecule has 0 bridgehead atoms. The van der Waals surface area contributed by atoms with Gasteiger partial charge in [0.05, 0.1) is 6.61 Å². The molecular formula is C14H16ClN3O. The average Bonchev–Trinajstić information content (AvgIpc) is 2.44. The molecule has 0 aliphatic rings. The largest absolute Gasteiger partial charge is 0.392 e. The van der Waals surface area contributed by atoms with Crippen molar-refractivity contribution in [3.8, 4) is 0 Å². The molecule has 0 unspecified atom stereocenters. The summed E-state index contributed by atoms with van der Waals surface area (Å²) in [6, 6.07) is 7.77. The van der Waals surface area contributed by atoms with E-state index in [9.17, 15) is 0 Å². The quantitative estimate of drug-likeness (QED) is 0.902. The van der Waals surface area contributed by atoms with Gasteiger partial charge >= 0.3 is 0 Å². The van der Waals surface area contributed by atoms with Gasteiger partial charge < -0.3 is 10.4 Å². The number of rotatable bonds is 4. The molecule has 0 aliphatic heterocycles. The highest BCUT2D eigenvalue weighted by atomic mass is 35.5. The van der Waals surface area contributed by atoms with Crippen LogP contribution in [-0.4, -0.2) is 15.3 Å². The van der Waals surface area contributed by atoms with Gasteiger partial charge in [-0.2, -0.15) is 0 Å². The number of nitrogens with one attached hydrogen (secondary N) is 1. The fourth-order valence-corrected chi connectivity index (χ4v) is 1.95. The maximum atomic E-state index is 9.10. The molecule has 0 amide bonds. The number of aliphatic hydroxyl groups excluding tert-OH is 1. The predicted octanol–water partition coefficient (Wildman–Crippen LogP) is 2.85. The fraction of sp³-hybridized carbons (Fsp3) is 0.286. The zero-order valence-corrected chi connectivity index (χ0v) is 11.7. The van der Waals surface area contributed by atoms with Gasteiger partial charge in [0.1, 0.15) is 0 Å². The second-order valence-electron chi connectivity index (χ2n) is 4.42. The van der Waals surface area contributed by atoms with Crippen molar-refractivity contribution in [1.82, 2.24) is 10.2 Å². The first-order chi connectivity index (χ1) is 9.11. The summed E-state index contributed by atoms with van der Waals surface area (Å²) in [6.45, 7) is 4.56. The van der Waals surface area contributed by atoms with E-state index in [1.54, 1.807) is 0 Å². The predicted molar refractivity (Wildman–Crippen MR) is 76.2 cm³/mol. The molecule has 0 fully saturated rings. The van der Waals surface area contributed by atoms with Gasteiger partial charge in [-0.1, -0.05) is 35.9 Å². The molecule has 0 spiro atoms. The van der Waals surface area contributed by atoms with Crippen LogP contribution >= 0.6 is 11.6 Å². The van der Waals surface area contributed by atoms with E-state index in [2.05, 4.69) is 15.5 Å². The zero-order chi connectivity index (χ0) is 13.8. The molecule has 0 saturated carbocycles. The van der Waals surface area contributed by atoms with Crippen LogP contribution in [0.3, 0.4) is 0 Å². The summed E-state index contributed by atoms with van der Waals surface area (Å²) in [4.78, 5) is 0. The molecule has 1 heterocycles. The van der Waals surface area contributed by atoms with Crippen molar-refractivity contribution < 1.29 is 5.11 Å². The second kappa shape index (κ2) is 5.99. The summed E-state index contributed by atoms with van der Waals surface area (Å²) in [5.74, 6) is 0.733. The van der Waals surface area contributed by atoms with E-state index in [1.807, 2.05) is 38.1 Å². The summed E-state index contributed by atoms with van der Waals surface area (Å²) in [7, 11) is 0. The van der Waals surface area contributed by atoms with E-state index in [0.29, 0.717) is 11.7 Å². The number of hydrogen-bond acceptors (Lipinski definition) is 4. The van der Waals surface area contributed by atoms with Gasteiger partial charge in [0.25, 0.3) is 0 Å². The number of nitrogens with zero attached hydrogens (tertiary/aromatic N) is 2. The lowest BCUT2D eigenvalue weighted by Crippen LogP contribution is -2.06. The van der Waals surface area contributed by atoms with Gasteiger partial charge in [0.2, 0.25) is 0 Å². The summed E-state index contributed by atoms with van der Waals surface area (Å²) >= 11 is 5.91. The molecule has 100 valence electrons. The first kappa shape index (κ1) is 13.8. The standard InChI is InChI=1S/C14H16ClN3O/c1-9-10(2)14(18-17-13(9)15)16-7-11-4-3-5-12(6-11)8-19/h3-6,19H,7-8H2,1-2H3,(H,16,18). The van der Waals surface area contributed by atoms with Gasteiger partial charge in [-0.25, -0.2) is 0 Å². The third kappa shape index (κ3) is 3.22. The van der Waals surface area contributed by atoms with E-state index in [4.69, 9.17) is 16.7 Å². The van der Waals surface area contributed by atoms with E-state index in [-0.39, 0.29) is 6.61 Å². The molecule has 2 rings (SSSR count). The minimum atomic E-state index is 0.0483. The van der Waals surface area contributed by atoms with E-state index in [1.165, 1.54) is 0 Å². The summed E-state index contributed by atoms with van der Waals surface area (Å²) < 4.78 is 0. The Labute approximate surface area is 117 Å². The molecule has 0 atom stereocenters. The summed E-state index contributed by atoms with van der Waals surface area (Å²) in [6.07, 6.45) is 0. The van der Waals surface area contributed by atoms with E-state index >= 15 is 0 Å². The van der Waals surface area contributed by atoms with Gasteiger partial charge in [-0.05, 0) is 36.1 Å². The molecule has 0 saturated heterocycles. The third-order valence-electron chi connectivity index (χ3n) is 3.10.